The highest BCUT2D eigenvalue weighted by Gasteiger charge is 2.24. The summed E-state index contributed by atoms with van der Waals surface area (Å²) in [5.41, 5.74) is 3.09. The second-order valence-corrected chi connectivity index (χ2v) is 8.43. The summed E-state index contributed by atoms with van der Waals surface area (Å²) >= 11 is 0. The number of oxazole rings is 1. The van der Waals surface area contributed by atoms with Gasteiger partial charge in [-0.15, -0.1) is 0 Å². The molecule has 3 heterocycles. The van der Waals surface area contributed by atoms with E-state index in [0.29, 0.717) is 34.5 Å². The van der Waals surface area contributed by atoms with Gasteiger partial charge in [0.2, 0.25) is 5.89 Å². The molecule has 0 N–H and O–H groups in total. The molecule has 0 bridgehead atoms. The Morgan fingerprint density at radius 2 is 1.91 bits per heavy atom. The van der Waals surface area contributed by atoms with Crippen molar-refractivity contribution in [2.24, 2.45) is 0 Å². The molecule has 2 aromatic heterocycles. The Kier molecular flexibility index (Phi) is 5.60. The van der Waals surface area contributed by atoms with Crippen molar-refractivity contribution in [2.45, 2.75) is 19.9 Å². The maximum Gasteiger partial charge on any atom is 0.253 e. The number of nitrogens with zero attached hydrogens (tertiary/aromatic N) is 4. The first-order chi connectivity index (χ1) is 16.0. The van der Waals surface area contributed by atoms with E-state index in [9.17, 15) is 4.79 Å². The van der Waals surface area contributed by atoms with Gasteiger partial charge in [0.25, 0.3) is 5.91 Å². The van der Waals surface area contributed by atoms with Gasteiger partial charge in [0.05, 0.1) is 12.5 Å². The summed E-state index contributed by atoms with van der Waals surface area (Å²) in [6.07, 6.45) is 1.55. The van der Waals surface area contributed by atoms with Crippen LogP contribution < -0.4 is 4.74 Å². The van der Waals surface area contributed by atoms with Gasteiger partial charge in [0.15, 0.2) is 5.58 Å². The summed E-state index contributed by atoms with van der Waals surface area (Å²) in [5, 5.41) is 4.92. The topological polar surface area (TPSA) is 84.8 Å². The lowest BCUT2D eigenvalue weighted by Gasteiger charge is -2.36. The first kappa shape index (κ1) is 21.2. The van der Waals surface area contributed by atoms with Crippen molar-refractivity contribution in [1.82, 2.24) is 19.9 Å². The van der Waals surface area contributed by atoms with Crippen LogP contribution in [0.5, 0.6) is 5.75 Å². The SMILES string of the molecule is COc1cccc(-c2nc(-c3noc4ccc(C(=O)N5CCN(C(C)C)CC5)cc34)co2)c1. The number of methoxy groups -OCH3 is 1. The average Bonchev–Trinajstić information content (AvgIpc) is 3.50. The molecule has 5 rings (SSSR count). The van der Waals surface area contributed by atoms with E-state index in [0.717, 1.165) is 42.9 Å². The van der Waals surface area contributed by atoms with Crippen LogP contribution in [0, 0.1) is 0 Å². The quantitative estimate of drug-likeness (QED) is 0.451. The zero-order chi connectivity index (χ0) is 22.9. The highest BCUT2D eigenvalue weighted by Crippen LogP contribution is 2.31. The minimum atomic E-state index is 0.0182. The highest BCUT2D eigenvalue weighted by atomic mass is 16.5. The van der Waals surface area contributed by atoms with Crippen LogP contribution in [0.3, 0.4) is 0 Å². The molecular formula is C25H26N4O4. The lowest BCUT2D eigenvalue weighted by Crippen LogP contribution is -2.50. The second kappa shape index (κ2) is 8.71. The molecular weight excluding hydrogens is 420 g/mol. The van der Waals surface area contributed by atoms with E-state index in [2.05, 4.69) is 28.9 Å². The Morgan fingerprint density at radius 1 is 1.09 bits per heavy atom. The molecule has 0 radical (unpaired) electrons. The summed E-state index contributed by atoms with van der Waals surface area (Å²) in [4.78, 5) is 22.0. The molecule has 0 atom stereocenters. The van der Waals surface area contributed by atoms with Gasteiger partial charge in [-0.2, -0.15) is 0 Å². The largest absolute Gasteiger partial charge is 0.497 e. The van der Waals surface area contributed by atoms with E-state index in [1.54, 1.807) is 25.5 Å². The molecule has 8 nitrogen and oxygen atoms in total. The van der Waals surface area contributed by atoms with Crippen LogP contribution in [0.25, 0.3) is 33.8 Å². The highest BCUT2D eigenvalue weighted by molar-refractivity contribution is 6.00. The fraction of sp³-hybridized carbons (Fsp3) is 0.320. The van der Waals surface area contributed by atoms with Crippen molar-refractivity contribution >= 4 is 16.9 Å². The molecule has 0 unspecified atom stereocenters. The van der Waals surface area contributed by atoms with E-state index in [1.807, 2.05) is 35.2 Å². The molecule has 2 aromatic carbocycles. The van der Waals surface area contributed by atoms with Crippen molar-refractivity contribution in [3.05, 3.63) is 54.3 Å². The van der Waals surface area contributed by atoms with Crippen LogP contribution in [0.4, 0.5) is 0 Å². The third kappa shape index (κ3) is 4.09. The minimum absolute atomic E-state index is 0.0182. The van der Waals surface area contributed by atoms with Gasteiger partial charge in [-0.3, -0.25) is 9.69 Å². The normalized spacial score (nSPS) is 14.8. The summed E-state index contributed by atoms with van der Waals surface area (Å²) in [5.74, 6) is 1.19. The van der Waals surface area contributed by atoms with E-state index in [4.69, 9.17) is 13.7 Å². The standard InChI is InChI=1S/C25H26N4O4/c1-16(2)28-9-11-29(12-10-28)25(30)18-7-8-22-20(14-18)23(27-33-22)21-15-32-24(26-21)17-5-4-6-19(13-17)31-3/h4-8,13-16H,9-12H2,1-3H3. The molecule has 0 saturated carbocycles. The van der Waals surface area contributed by atoms with Gasteiger partial charge in [-0.25, -0.2) is 4.98 Å². The van der Waals surface area contributed by atoms with Gasteiger partial charge in [-0.05, 0) is 50.2 Å². The predicted octanol–water partition coefficient (Wildman–Crippen LogP) is 4.32. The molecule has 8 heteroatoms. The Labute approximate surface area is 191 Å². The summed E-state index contributed by atoms with van der Waals surface area (Å²) in [6.45, 7) is 7.58. The van der Waals surface area contributed by atoms with Crippen molar-refractivity contribution in [3.8, 4) is 28.6 Å². The van der Waals surface area contributed by atoms with Crippen molar-refractivity contribution in [2.75, 3.05) is 33.3 Å². The smallest absolute Gasteiger partial charge is 0.253 e. The van der Waals surface area contributed by atoms with Crippen LogP contribution in [0.1, 0.15) is 24.2 Å². The maximum atomic E-state index is 13.1. The second-order valence-electron chi connectivity index (χ2n) is 8.43. The van der Waals surface area contributed by atoms with Crippen LogP contribution in [0.2, 0.25) is 0 Å². The monoisotopic (exact) mass is 446 g/mol. The molecule has 1 saturated heterocycles. The first-order valence-electron chi connectivity index (χ1n) is 11.1. The number of carbonyl (C=O) groups is 1. The van der Waals surface area contributed by atoms with Crippen molar-refractivity contribution in [3.63, 3.8) is 0 Å². The van der Waals surface area contributed by atoms with Crippen molar-refractivity contribution < 1.29 is 18.5 Å². The van der Waals surface area contributed by atoms with Gasteiger partial charge < -0.3 is 18.6 Å². The van der Waals surface area contributed by atoms with Crippen LogP contribution in [-0.4, -0.2) is 65.2 Å². The number of benzene rings is 2. The number of ether oxygens (including phenoxy) is 1. The Morgan fingerprint density at radius 3 is 2.67 bits per heavy atom. The molecule has 0 aliphatic carbocycles. The van der Waals surface area contributed by atoms with Crippen LogP contribution in [-0.2, 0) is 0 Å². The third-order valence-corrected chi connectivity index (χ3v) is 6.11. The van der Waals surface area contributed by atoms with Gasteiger partial charge in [0, 0.05) is 43.3 Å². The number of hydrogen-bond acceptors (Lipinski definition) is 7. The Hall–Kier alpha value is -3.65. The number of piperazine rings is 1. The fourth-order valence-electron chi connectivity index (χ4n) is 4.15. The van der Waals surface area contributed by atoms with E-state index >= 15 is 0 Å². The number of fused-ring (bicyclic) bond motifs is 1. The van der Waals surface area contributed by atoms with E-state index in [-0.39, 0.29) is 5.91 Å². The zero-order valence-electron chi connectivity index (χ0n) is 18.9. The molecule has 1 aliphatic rings. The Balaban J connectivity index is 1.41. The molecule has 4 aromatic rings. The van der Waals surface area contributed by atoms with Crippen molar-refractivity contribution in [1.29, 1.82) is 0 Å². The van der Waals surface area contributed by atoms with Crippen LogP contribution in [0.15, 0.2) is 57.7 Å². The molecule has 33 heavy (non-hydrogen) atoms. The van der Waals surface area contributed by atoms with Gasteiger partial charge in [0.1, 0.15) is 23.4 Å². The minimum Gasteiger partial charge on any atom is -0.497 e. The number of rotatable bonds is 5. The number of hydrogen-bond donors (Lipinski definition) is 0. The lowest BCUT2D eigenvalue weighted by molar-refractivity contribution is 0.0595. The van der Waals surface area contributed by atoms with E-state index < -0.39 is 0 Å². The molecule has 170 valence electrons. The number of carbonyl (C=O) groups excluding carboxylic acids is 1. The lowest BCUT2D eigenvalue weighted by atomic mass is 10.1. The maximum absolute atomic E-state index is 13.1. The van der Waals surface area contributed by atoms with Gasteiger partial charge >= 0.3 is 0 Å². The first-order valence-corrected chi connectivity index (χ1v) is 11.1. The Bertz CT molecular complexity index is 1280. The molecule has 1 fully saturated rings. The summed E-state index contributed by atoms with van der Waals surface area (Å²) < 4.78 is 16.5. The molecule has 0 spiro atoms. The fourth-order valence-corrected chi connectivity index (χ4v) is 4.15. The average molecular weight is 447 g/mol. The molecule has 1 aliphatic heterocycles. The number of amides is 1. The summed E-state index contributed by atoms with van der Waals surface area (Å²) in [6, 6.07) is 13.4. The zero-order valence-corrected chi connectivity index (χ0v) is 18.9. The number of aromatic nitrogens is 2. The van der Waals surface area contributed by atoms with E-state index in [1.165, 1.54) is 0 Å². The molecule has 1 amide bonds. The predicted molar refractivity (Wildman–Crippen MR) is 124 cm³/mol. The summed E-state index contributed by atoms with van der Waals surface area (Å²) in [7, 11) is 1.62. The van der Waals surface area contributed by atoms with Gasteiger partial charge in [-0.1, -0.05) is 11.2 Å². The third-order valence-electron chi connectivity index (χ3n) is 6.11. The van der Waals surface area contributed by atoms with Crippen LogP contribution >= 0.6 is 0 Å².